The van der Waals surface area contributed by atoms with Gasteiger partial charge < -0.3 is 19.3 Å². The Labute approximate surface area is 125 Å². The predicted molar refractivity (Wildman–Crippen MR) is 78.8 cm³/mol. The third kappa shape index (κ3) is 2.86. The molecule has 1 aromatic carbocycles. The highest BCUT2D eigenvalue weighted by Gasteiger charge is 2.31. The van der Waals surface area contributed by atoms with E-state index in [0.717, 1.165) is 55.2 Å². The third-order valence-electron chi connectivity index (χ3n) is 4.35. The van der Waals surface area contributed by atoms with Gasteiger partial charge in [-0.2, -0.15) is 0 Å². The molecule has 0 bridgehead atoms. The number of nitrogens with zero attached hydrogens (tertiary/aromatic N) is 1. The van der Waals surface area contributed by atoms with Crippen LogP contribution < -0.4 is 9.47 Å². The molecule has 0 aromatic heterocycles. The zero-order valence-electron chi connectivity index (χ0n) is 12.7. The highest BCUT2D eigenvalue weighted by molar-refractivity contribution is 5.51. The van der Waals surface area contributed by atoms with Crippen molar-refractivity contribution in [2.24, 2.45) is 0 Å². The molecule has 0 radical (unpaired) electrons. The Kier molecular flexibility index (Phi) is 4.33. The second-order valence-corrected chi connectivity index (χ2v) is 5.71. The van der Waals surface area contributed by atoms with Gasteiger partial charge in [0.2, 0.25) is 0 Å². The Hall–Kier alpha value is -1.30. The summed E-state index contributed by atoms with van der Waals surface area (Å²) < 4.78 is 16.5. The monoisotopic (exact) mass is 293 g/mol. The molecule has 0 aliphatic carbocycles. The lowest BCUT2D eigenvalue weighted by Crippen LogP contribution is -2.38. The van der Waals surface area contributed by atoms with E-state index >= 15 is 0 Å². The van der Waals surface area contributed by atoms with Crippen molar-refractivity contribution in [1.29, 1.82) is 0 Å². The SMILES string of the molecule is COc1ccc(OC)c2c1CN(C[C@H]1CCCO1)C[C@@H]2O. The van der Waals surface area contributed by atoms with E-state index in [0.29, 0.717) is 6.54 Å². The smallest absolute Gasteiger partial charge is 0.125 e. The standard InChI is InChI=1S/C16H23NO4/c1-19-14-5-6-15(20-2)16-12(14)9-17(10-13(16)18)8-11-4-3-7-21-11/h5-6,11,13,18H,3-4,7-10H2,1-2H3/t11-,13+/m1/s1. The maximum atomic E-state index is 10.5. The number of aliphatic hydroxyl groups is 1. The Bertz CT molecular complexity index is 499. The third-order valence-corrected chi connectivity index (χ3v) is 4.35. The first-order valence-corrected chi connectivity index (χ1v) is 7.48. The number of aliphatic hydroxyl groups excluding tert-OH is 1. The second kappa shape index (κ2) is 6.22. The molecule has 116 valence electrons. The topological polar surface area (TPSA) is 51.2 Å². The fourth-order valence-corrected chi connectivity index (χ4v) is 3.36. The normalized spacial score (nSPS) is 25.7. The van der Waals surface area contributed by atoms with Crippen molar-refractivity contribution in [2.45, 2.75) is 31.6 Å². The summed E-state index contributed by atoms with van der Waals surface area (Å²) in [7, 11) is 3.29. The van der Waals surface area contributed by atoms with E-state index in [9.17, 15) is 5.11 Å². The van der Waals surface area contributed by atoms with Gasteiger partial charge in [-0.05, 0) is 25.0 Å². The molecule has 2 aliphatic heterocycles. The van der Waals surface area contributed by atoms with Crippen molar-refractivity contribution in [2.75, 3.05) is 33.9 Å². The summed E-state index contributed by atoms with van der Waals surface area (Å²) in [6.07, 6.45) is 1.97. The highest BCUT2D eigenvalue weighted by Crippen LogP contribution is 2.39. The maximum absolute atomic E-state index is 10.5. The van der Waals surface area contributed by atoms with Crippen LogP contribution in [0.2, 0.25) is 0 Å². The summed E-state index contributed by atoms with van der Waals surface area (Å²) in [6, 6.07) is 3.76. The molecule has 0 amide bonds. The molecule has 5 heteroatoms. The summed E-state index contributed by atoms with van der Waals surface area (Å²) in [5, 5.41) is 10.5. The quantitative estimate of drug-likeness (QED) is 0.916. The predicted octanol–water partition coefficient (Wildman–Crippen LogP) is 1.73. The first-order valence-electron chi connectivity index (χ1n) is 7.48. The lowest BCUT2D eigenvalue weighted by atomic mass is 9.95. The van der Waals surface area contributed by atoms with Crippen molar-refractivity contribution in [3.63, 3.8) is 0 Å². The van der Waals surface area contributed by atoms with E-state index in [1.54, 1.807) is 14.2 Å². The van der Waals surface area contributed by atoms with Crippen LogP contribution in [0.25, 0.3) is 0 Å². The molecule has 2 atom stereocenters. The fourth-order valence-electron chi connectivity index (χ4n) is 3.36. The zero-order chi connectivity index (χ0) is 14.8. The molecule has 0 saturated carbocycles. The van der Waals surface area contributed by atoms with Crippen LogP contribution in [0.5, 0.6) is 11.5 Å². The van der Waals surface area contributed by atoms with Gasteiger partial charge in [-0.15, -0.1) is 0 Å². The Balaban J connectivity index is 1.85. The largest absolute Gasteiger partial charge is 0.496 e. The summed E-state index contributed by atoms with van der Waals surface area (Å²) in [5.41, 5.74) is 1.88. The summed E-state index contributed by atoms with van der Waals surface area (Å²) in [5.74, 6) is 1.54. The lowest BCUT2D eigenvalue weighted by Gasteiger charge is -2.35. The molecule has 0 spiro atoms. The number of rotatable bonds is 4. The van der Waals surface area contributed by atoms with Gasteiger partial charge in [-0.1, -0.05) is 0 Å². The van der Waals surface area contributed by atoms with Gasteiger partial charge in [0.05, 0.1) is 26.4 Å². The molecule has 21 heavy (non-hydrogen) atoms. The van der Waals surface area contributed by atoms with E-state index in [4.69, 9.17) is 14.2 Å². The summed E-state index contributed by atoms with van der Waals surface area (Å²) >= 11 is 0. The molecular formula is C16H23NO4. The number of ether oxygens (including phenoxy) is 3. The number of β-amino-alcohol motifs (C(OH)–C–C–N with tert-alkyl or cyclic N) is 1. The molecule has 1 saturated heterocycles. The van der Waals surface area contributed by atoms with Crippen molar-refractivity contribution >= 4 is 0 Å². The van der Waals surface area contributed by atoms with E-state index in [-0.39, 0.29) is 6.10 Å². The summed E-state index contributed by atoms with van der Waals surface area (Å²) in [6.45, 7) is 3.08. The van der Waals surface area contributed by atoms with Crippen molar-refractivity contribution < 1.29 is 19.3 Å². The fraction of sp³-hybridized carbons (Fsp3) is 0.625. The van der Waals surface area contributed by atoms with Crippen LogP contribution in [0.1, 0.15) is 30.1 Å². The van der Waals surface area contributed by atoms with E-state index in [1.807, 2.05) is 12.1 Å². The molecule has 1 fully saturated rings. The van der Waals surface area contributed by atoms with Crippen molar-refractivity contribution in [3.05, 3.63) is 23.3 Å². The van der Waals surface area contributed by atoms with Crippen LogP contribution in [0.4, 0.5) is 0 Å². The van der Waals surface area contributed by atoms with Gasteiger partial charge in [0.25, 0.3) is 0 Å². The Morgan fingerprint density at radius 3 is 2.71 bits per heavy atom. The molecule has 1 aromatic rings. The summed E-state index contributed by atoms with van der Waals surface area (Å²) in [4.78, 5) is 2.24. The average molecular weight is 293 g/mol. The first-order chi connectivity index (χ1) is 10.2. The minimum atomic E-state index is -0.555. The van der Waals surface area contributed by atoms with E-state index < -0.39 is 6.10 Å². The number of fused-ring (bicyclic) bond motifs is 1. The maximum Gasteiger partial charge on any atom is 0.125 e. The van der Waals surface area contributed by atoms with Gasteiger partial charge >= 0.3 is 0 Å². The van der Waals surface area contributed by atoms with E-state index in [2.05, 4.69) is 4.90 Å². The molecule has 3 rings (SSSR count). The molecule has 5 nitrogen and oxygen atoms in total. The van der Waals surface area contributed by atoms with E-state index in [1.165, 1.54) is 0 Å². The van der Waals surface area contributed by atoms with Crippen molar-refractivity contribution in [1.82, 2.24) is 4.90 Å². The molecule has 0 unspecified atom stereocenters. The highest BCUT2D eigenvalue weighted by atomic mass is 16.5. The van der Waals surface area contributed by atoms with Gasteiger partial charge in [-0.25, -0.2) is 0 Å². The number of methoxy groups -OCH3 is 2. The van der Waals surface area contributed by atoms with Gasteiger partial charge in [0.15, 0.2) is 0 Å². The number of hydrogen-bond acceptors (Lipinski definition) is 5. The van der Waals surface area contributed by atoms with Crippen LogP contribution >= 0.6 is 0 Å². The van der Waals surface area contributed by atoms with Crippen molar-refractivity contribution in [3.8, 4) is 11.5 Å². The number of hydrogen-bond donors (Lipinski definition) is 1. The average Bonchev–Trinajstić information content (AvgIpc) is 2.99. The van der Waals surface area contributed by atoms with Crippen LogP contribution in [0, 0.1) is 0 Å². The van der Waals surface area contributed by atoms with Gasteiger partial charge in [-0.3, -0.25) is 4.90 Å². The number of benzene rings is 1. The minimum absolute atomic E-state index is 0.287. The second-order valence-electron chi connectivity index (χ2n) is 5.71. The van der Waals surface area contributed by atoms with Crippen LogP contribution in [0.3, 0.4) is 0 Å². The van der Waals surface area contributed by atoms with Crippen LogP contribution in [-0.2, 0) is 11.3 Å². The molecule has 2 heterocycles. The first kappa shape index (κ1) is 14.6. The zero-order valence-corrected chi connectivity index (χ0v) is 12.7. The lowest BCUT2D eigenvalue weighted by molar-refractivity contribution is 0.0360. The minimum Gasteiger partial charge on any atom is -0.496 e. The Morgan fingerprint density at radius 2 is 2.05 bits per heavy atom. The van der Waals surface area contributed by atoms with Gasteiger partial charge in [0, 0.05) is 37.4 Å². The Morgan fingerprint density at radius 1 is 1.29 bits per heavy atom. The van der Waals surface area contributed by atoms with Gasteiger partial charge in [0.1, 0.15) is 11.5 Å². The molecule has 2 aliphatic rings. The van der Waals surface area contributed by atoms with Crippen LogP contribution in [-0.4, -0.2) is 50.0 Å². The molecular weight excluding hydrogens is 270 g/mol. The molecule has 1 N–H and O–H groups in total. The van der Waals surface area contributed by atoms with Crippen LogP contribution in [0.15, 0.2) is 12.1 Å².